The van der Waals surface area contributed by atoms with E-state index >= 15 is 0 Å². The molecule has 3 rings (SSSR count). The van der Waals surface area contributed by atoms with Gasteiger partial charge in [0.15, 0.2) is 10.6 Å². The van der Waals surface area contributed by atoms with Crippen LogP contribution in [0.5, 0.6) is 0 Å². The zero-order valence-electron chi connectivity index (χ0n) is 11.1. The number of rotatable bonds is 2. The van der Waals surface area contributed by atoms with Gasteiger partial charge in [0.2, 0.25) is 0 Å². The summed E-state index contributed by atoms with van der Waals surface area (Å²) in [4.78, 5) is 4.06. The molecule has 0 radical (unpaired) electrons. The number of hydrogen-bond donors (Lipinski definition) is 1. The van der Waals surface area contributed by atoms with Crippen molar-refractivity contribution in [2.45, 2.75) is 44.6 Å². The van der Waals surface area contributed by atoms with Gasteiger partial charge in [0.25, 0.3) is 0 Å². The molecular weight excluding hydrogens is 256 g/mol. The van der Waals surface area contributed by atoms with Crippen LogP contribution < -0.4 is 0 Å². The first-order chi connectivity index (χ1) is 9.21. The normalized spacial score (nSPS) is 18.4. The van der Waals surface area contributed by atoms with E-state index in [1.54, 1.807) is 12.4 Å². The quantitative estimate of drug-likeness (QED) is 0.850. The molecule has 2 aromatic rings. The number of nitrogens with one attached hydrogen (secondary N) is 1. The molecule has 0 unspecified atom stereocenters. The standard InChI is InChI=1S/C14H18N4S/c1-14(7-3-2-4-8-14)18-12(16-17-13(18)19)11-5-9-15-10-6-11/h5-6,9-10H,2-4,7-8H2,1H3,(H,17,19). The van der Waals surface area contributed by atoms with Gasteiger partial charge in [-0.2, -0.15) is 5.10 Å². The lowest BCUT2D eigenvalue weighted by Gasteiger charge is -2.35. The number of hydrogen-bond acceptors (Lipinski definition) is 3. The van der Waals surface area contributed by atoms with E-state index in [2.05, 4.69) is 26.7 Å². The van der Waals surface area contributed by atoms with Gasteiger partial charge in [-0.1, -0.05) is 19.3 Å². The molecule has 0 aliphatic heterocycles. The third-order valence-corrected chi connectivity index (χ3v) is 4.36. The van der Waals surface area contributed by atoms with Crippen LogP contribution in [-0.4, -0.2) is 19.7 Å². The second-order valence-corrected chi connectivity index (χ2v) is 5.87. The highest BCUT2D eigenvalue weighted by atomic mass is 32.1. The second kappa shape index (κ2) is 4.89. The summed E-state index contributed by atoms with van der Waals surface area (Å²) in [6, 6.07) is 3.96. The summed E-state index contributed by atoms with van der Waals surface area (Å²) in [6.45, 7) is 2.29. The van der Waals surface area contributed by atoms with Crippen LogP contribution in [0.25, 0.3) is 11.4 Å². The summed E-state index contributed by atoms with van der Waals surface area (Å²) < 4.78 is 2.92. The smallest absolute Gasteiger partial charge is 0.195 e. The number of aromatic amines is 1. The number of nitrogens with zero attached hydrogens (tertiary/aromatic N) is 3. The average Bonchev–Trinajstić information content (AvgIpc) is 2.83. The van der Waals surface area contributed by atoms with Gasteiger partial charge in [0.1, 0.15) is 0 Å². The highest BCUT2D eigenvalue weighted by molar-refractivity contribution is 7.71. The minimum atomic E-state index is 0.0843. The lowest BCUT2D eigenvalue weighted by Crippen LogP contribution is -2.33. The van der Waals surface area contributed by atoms with E-state index < -0.39 is 0 Å². The van der Waals surface area contributed by atoms with Crippen LogP contribution >= 0.6 is 12.2 Å². The highest BCUT2D eigenvalue weighted by Gasteiger charge is 2.32. The van der Waals surface area contributed by atoms with Gasteiger partial charge >= 0.3 is 0 Å². The molecule has 0 amide bonds. The second-order valence-electron chi connectivity index (χ2n) is 5.48. The predicted molar refractivity (Wildman–Crippen MR) is 77.4 cm³/mol. The van der Waals surface area contributed by atoms with E-state index in [0.29, 0.717) is 0 Å². The zero-order chi connectivity index (χ0) is 13.3. The maximum absolute atomic E-state index is 5.45. The van der Waals surface area contributed by atoms with Gasteiger partial charge in [-0.05, 0) is 44.1 Å². The SMILES string of the molecule is CC1(n2c(-c3ccncc3)n[nH]c2=S)CCCCC1. The summed E-state index contributed by atoms with van der Waals surface area (Å²) in [5.74, 6) is 0.928. The Balaban J connectivity index is 2.11. The Morgan fingerprint density at radius 1 is 1.21 bits per heavy atom. The fourth-order valence-corrected chi connectivity index (χ4v) is 3.38. The number of H-pyrrole nitrogens is 1. The lowest BCUT2D eigenvalue weighted by molar-refractivity contribution is 0.218. The van der Waals surface area contributed by atoms with Gasteiger partial charge in [-0.25, -0.2) is 0 Å². The van der Waals surface area contributed by atoms with Crippen LogP contribution in [0.15, 0.2) is 24.5 Å². The third-order valence-electron chi connectivity index (χ3n) is 4.08. The van der Waals surface area contributed by atoms with Gasteiger partial charge in [-0.15, -0.1) is 0 Å². The summed E-state index contributed by atoms with van der Waals surface area (Å²) in [5, 5.41) is 7.38. The Bertz CT molecular complexity index is 608. The molecule has 0 aromatic carbocycles. The van der Waals surface area contributed by atoms with Crippen molar-refractivity contribution in [3.05, 3.63) is 29.3 Å². The van der Waals surface area contributed by atoms with E-state index in [-0.39, 0.29) is 5.54 Å². The van der Waals surface area contributed by atoms with Crippen LogP contribution in [0.3, 0.4) is 0 Å². The molecule has 1 aliphatic rings. The minimum absolute atomic E-state index is 0.0843. The molecule has 100 valence electrons. The number of aromatic nitrogens is 4. The topological polar surface area (TPSA) is 46.5 Å². The first kappa shape index (κ1) is 12.5. The van der Waals surface area contributed by atoms with E-state index in [9.17, 15) is 0 Å². The lowest BCUT2D eigenvalue weighted by atomic mass is 9.83. The van der Waals surface area contributed by atoms with E-state index in [4.69, 9.17) is 12.2 Å². The average molecular weight is 274 g/mol. The van der Waals surface area contributed by atoms with Crippen molar-refractivity contribution in [1.82, 2.24) is 19.7 Å². The Morgan fingerprint density at radius 2 is 1.89 bits per heavy atom. The van der Waals surface area contributed by atoms with E-state index in [0.717, 1.165) is 16.2 Å². The Morgan fingerprint density at radius 3 is 2.58 bits per heavy atom. The van der Waals surface area contributed by atoms with Gasteiger partial charge in [0.05, 0.1) is 0 Å². The summed E-state index contributed by atoms with van der Waals surface area (Å²) in [5.41, 5.74) is 1.15. The van der Waals surface area contributed by atoms with Crippen LogP contribution in [0, 0.1) is 4.77 Å². The summed E-state index contributed by atoms with van der Waals surface area (Å²) >= 11 is 5.45. The monoisotopic (exact) mass is 274 g/mol. The molecular formula is C14H18N4S. The van der Waals surface area contributed by atoms with Crippen molar-refractivity contribution < 1.29 is 0 Å². The van der Waals surface area contributed by atoms with Crippen molar-refractivity contribution in [3.63, 3.8) is 0 Å². The predicted octanol–water partition coefficient (Wildman–Crippen LogP) is 3.68. The van der Waals surface area contributed by atoms with Gasteiger partial charge in [-0.3, -0.25) is 14.6 Å². The molecule has 4 nitrogen and oxygen atoms in total. The molecule has 0 atom stereocenters. The molecule has 2 aromatic heterocycles. The Labute approximate surface area is 117 Å². The molecule has 2 heterocycles. The van der Waals surface area contributed by atoms with E-state index in [1.807, 2.05) is 12.1 Å². The van der Waals surface area contributed by atoms with Gasteiger partial charge < -0.3 is 0 Å². The molecule has 0 saturated heterocycles. The molecule has 1 N–H and O–H groups in total. The maximum atomic E-state index is 5.45. The third kappa shape index (κ3) is 2.23. The molecule has 0 spiro atoms. The fraction of sp³-hybridized carbons (Fsp3) is 0.500. The molecule has 5 heteroatoms. The highest BCUT2D eigenvalue weighted by Crippen LogP contribution is 2.37. The number of pyridine rings is 1. The Hall–Kier alpha value is -1.49. The van der Waals surface area contributed by atoms with Gasteiger partial charge in [0, 0.05) is 23.5 Å². The summed E-state index contributed by atoms with van der Waals surface area (Å²) in [6.07, 6.45) is 9.77. The molecule has 19 heavy (non-hydrogen) atoms. The van der Waals surface area contributed by atoms with Crippen LogP contribution in [-0.2, 0) is 5.54 Å². The van der Waals surface area contributed by atoms with Crippen molar-refractivity contribution >= 4 is 12.2 Å². The molecule has 0 bridgehead atoms. The Kier molecular flexibility index (Phi) is 3.22. The molecule has 1 aliphatic carbocycles. The largest absolute Gasteiger partial charge is 0.294 e. The molecule has 1 saturated carbocycles. The van der Waals surface area contributed by atoms with E-state index in [1.165, 1.54) is 32.1 Å². The molecule has 1 fully saturated rings. The fourth-order valence-electron chi connectivity index (χ4n) is 3.03. The first-order valence-corrected chi connectivity index (χ1v) is 7.20. The first-order valence-electron chi connectivity index (χ1n) is 6.79. The zero-order valence-corrected chi connectivity index (χ0v) is 11.9. The van der Waals surface area contributed by atoms with Crippen LogP contribution in [0.1, 0.15) is 39.0 Å². The van der Waals surface area contributed by atoms with Crippen molar-refractivity contribution in [2.24, 2.45) is 0 Å². The van der Waals surface area contributed by atoms with Crippen molar-refractivity contribution in [2.75, 3.05) is 0 Å². The van der Waals surface area contributed by atoms with Crippen LogP contribution in [0.2, 0.25) is 0 Å². The maximum Gasteiger partial charge on any atom is 0.195 e. The van der Waals surface area contributed by atoms with Crippen LogP contribution in [0.4, 0.5) is 0 Å². The summed E-state index contributed by atoms with van der Waals surface area (Å²) in [7, 11) is 0. The van der Waals surface area contributed by atoms with Crippen molar-refractivity contribution in [3.8, 4) is 11.4 Å². The van der Waals surface area contributed by atoms with Crippen molar-refractivity contribution in [1.29, 1.82) is 0 Å². The minimum Gasteiger partial charge on any atom is -0.294 e.